The van der Waals surface area contributed by atoms with Crippen molar-refractivity contribution in [2.24, 2.45) is 0 Å². The van der Waals surface area contributed by atoms with Crippen molar-refractivity contribution in [2.75, 3.05) is 0 Å². The van der Waals surface area contributed by atoms with Gasteiger partial charge in [-0.05, 0) is 54.2 Å². The summed E-state index contributed by atoms with van der Waals surface area (Å²) in [5, 5.41) is 22.2. The molecule has 2 atom stereocenters. The highest BCUT2D eigenvalue weighted by atomic mass is 16.4. The van der Waals surface area contributed by atoms with Crippen LogP contribution in [0.15, 0.2) is 42.5 Å². The van der Waals surface area contributed by atoms with Gasteiger partial charge in [0.15, 0.2) is 0 Å². The number of carbonyl (C=O) groups excluding carboxylic acids is 1. The summed E-state index contributed by atoms with van der Waals surface area (Å²) >= 11 is 0. The summed E-state index contributed by atoms with van der Waals surface area (Å²) in [6, 6.07) is 12.2. The molecular weight excluding hydrogens is 318 g/mol. The number of amides is 1. The second kappa shape index (κ2) is 7.07. The van der Waals surface area contributed by atoms with Gasteiger partial charge >= 0.3 is 5.97 Å². The Labute approximate surface area is 146 Å². The van der Waals surface area contributed by atoms with E-state index in [0.717, 1.165) is 28.7 Å². The normalized spacial score (nSPS) is 19.1. The number of rotatable bonds is 4. The largest absolute Gasteiger partial charge is 0.478 e. The van der Waals surface area contributed by atoms with Gasteiger partial charge in [0, 0.05) is 0 Å². The Kier molecular flexibility index (Phi) is 4.86. The van der Waals surface area contributed by atoms with Crippen LogP contribution in [-0.4, -0.2) is 28.2 Å². The highest BCUT2D eigenvalue weighted by molar-refractivity contribution is 5.88. The molecule has 0 unspecified atom stereocenters. The summed E-state index contributed by atoms with van der Waals surface area (Å²) in [6.07, 6.45) is 0.972. The van der Waals surface area contributed by atoms with Crippen LogP contribution in [0.5, 0.6) is 0 Å². The molecule has 0 spiro atoms. The summed E-state index contributed by atoms with van der Waals surface area (Å²) < 4.78 is 0. The lowest BCUT2D eigenvalue weighted by Gasteiger charge is -2.31. The summed E-state index contributed by atoms with van der Waals surface area (Å²) in [5.41, 5.74) is 3.87. The van der Waals surface area contributed by atoms with Crippen molar-refractivity contribution < 1.29 is 19.8 Å². The van der Waals surface area contributed by atoms with Gasteiger partial charge in [0.25, 0.3) is 0 Å². The van der Waals surface area contributed by atoms with Crippen LogP contribution < -0.4 is 5.32 Å². The maximum absolute atomic E-state index is 12.5. The van der Waals surface area contributed by atoms with Crippen molar-refractivity contribution in [1.82, 2.24) is 5.32 Å². The zero-order valence-electron chi connectivity index (χ0n) is 14.0. The van der Waals surface area contributed by atoms with Crippen LogP contribution >= 0.6 is 0 Å². The van der Waals surface area contributed by atoms with E-state index in [1.54, 1.807) is 19.1 Å². The molecule has 0 aromatic heterocycles. The molecule has 0 fully saturated rings. The number of hydrogen-bond acceptors (Lipinski definition) is 3. The van der Waals surface area contributed by atoms with Crippen molar-refractivity contribution in [2.45, 2.75) is 38.3 Å². The van der Waals surface area contributed by atoms with Gasteiger partial charge in [-0.1, -0.05) is 30.3 Å². The van der Waals surface area contributed by atoms with Crippen molar-refractivity contribution in [3.63, 3.8) is 0 Å². The second-order valence-corrected chi connectivity index (χ2v) is 6.47. The molecule has 130 valence electrons. The van der Waals surface area contributed by atoms with Gasteiger partial charge in [0.05, 0.1) is 24.1 Å². The van der Waals surface area contributed by atoms with E-state index in [4.69, 9.17) is 5.11 Å². The fraction of sp³-hybridized carbons (Fsp3) is 0.300. The SMILES string of the molecule is Cc1cc(C(=O)O)ccc1CC(=O)N[C@H]1c2ccccc2CC[C@H]1O. The number of nitrogens with one attached hydrogen (secondary N) is 1. The van der Waals surface area contributed by atoms with Gasteiger partial charge < -0.3 is 15.5 Å². The number of aromatic carboxylic acids is 1. The van der Waals surface area contributed by atoms with Gasteiger partial charge in [-0.2, -0.15) is 0 Å². The van der Waals surface area contributed by atoms with Crippen LogP contribution in [-0.2, 0) is 17.6 Å². The molecule has 0 aliphatic heterocycles. The molecule has 0 heterocycles. The lowest BCUT2D eigenvalue weighted by Crippen LogP contribution is -2.40. The van der Waals surface area contributed by atoms with E-state index in [2.05, 4.69) is 5.32 Å². The Bertz CT molecular complexity index is 815. The van der Waals surface area contributed by atoms with E-state index in [-0.39, 0.29) is 17.9 Å². The van der Waals surface area contributed by atoms with Gasteiger partial charge in [-0.15, -0.1) is 0 Å². The fourth-order valence-electron chi connectivity index (χ4n) is 3.34. The maximum atomic E-state index is 12.5. The summed E-state index contributed by atoms with van der Waals surface area (Å²) in [6.45, 7) is 1.79. The maximum Gasteiger partial charge on any atom is 0.335 e. The molecule has 1 amide bonds. The molecule has 5 nitrogen and oxygen atoms in total. The number of aliphatic hydroxyl groups is 1. The fourth-order valence-corrected chi connectivity index (χ4v) is 3.34. The minimum absolute atomic E-state index is 0.150. The van der Waals surface area contributed by atoms with E-state index in [1.807, 2.05) is 24.3 Å². The smallest absolute Gasteiger partial charge is 0.335 e. The number of carbonyl (C=O) groups is 2. The third-order valence-electron chi connectivity index (χ3n) is 4.74. The van der Waals surface area contributed by atoms with Gasteiger partial charge in [-0.3, -0.25) is 4.79 Å². The van der Waals surface area contributed by atoms with Crippen molar-refractivity contribution >= 4 is 11.9 Å². The lowest BCUT2D eigenvalue weighted by molar-refractivity contribution is -0.122. The van der Waals surface area contributed by atoms with Crippen LogP contribution in [0.25, 0.3) is 0 Å². The quantitative estimate of drug-likeness (QED) is 0.798. The first-order valence-corrected chi connectivity index (χ1v) is 8.34. The zero-order chi connectivity index (χ0) is 18.0. The molecule has 1 aliphatic carbocycles. The molecule has 2 aromatic rings. The second-order valence-electron chi connectivity index (χ2n) is 6.47. The van der Waals surface area contributed by atoms with Gasteiger partial charge in [-0.25, -0.2) is 4.79 Å². The van der Waals surface area contributed by atoms with Crippen molar-refractivity contribution in [3.8, 4) is 0 Å². The predicted octanol–water partition coefficient (Wildman–Crippen LogP) is 2.40. The Morgan fingerprint density at radius 1 is 1.20 bits per heavy atom. The Hall–Kier alpha value is -2.66. The van der Waals surface area contributed by atoms with Crippen LogP contribution in [0.1, 0.15) is 45.1 Å². The molecule has 0 radical (unpaired) electrons. The van der Waals surface area contributed by atoms with E-state index < -0.39 is 18.1 Å². The third-order valence-corrected chi connectivity index (χ3v) is 4.74. The zero-order valence-corrected chi connectivity index (χ0v) is 14.0. The minimum atomic E-state index is -0.985. The Morgan fingerprint density at radius 3 is 2.68 bits per heavy atom. The van der Waals surface area contributed by atoms with Crippen molar-refractivity contribution in [1.29, 1.82) is 0 Å². The highest BCUT2D eigenvalue weighted by Crippen LogP contribution is 2.30. The van der Waals surface area contributed by atoms with Crippen LogP contribution in [0.4, 0.5) is 0 Å². The molecule has 2 aromatic carbocycles. The Morgan fingerprint density at radius 2 is 1.96 bits per heavy atom. The summed E-state index contributed by atoms with van der Waals surface area (Å²) in [4.78, 5) is 23.5. The topological polar surface area (TPSA) is 86.6 Å². The molecular formula is C20H21NO4. The van der Waals surface area contributed by atoms with E-state index in [1.165, 1.54) is 6.07 Å². The first kappa shape index (κ1) is 17.2. The molecule has 0 bridgehead atoms. The minimum Gasteiger partial charge on any atom is -0.478 e. The number of aryl methyl sites for hydroxylation is 2. The van der Waals surface area contributed by atoms with Crippen LogP contribution in [0.3, 0.4) is 0 Å². The average Bonchev–Trinajstić information content (AvgIpc) is 2.59. The molecule has 5 heteroatoms. The standard InChI is InChI=1S/C20H21NO4/c1-12-10-15(20(24)25)7-6-14(12)11-18(23)21-19-16-5-3-2-4-13(16)8-9-17(19)22/h2-7,10,17,19,22H,8-9,11H2,1H3,(H,21,23)(H,24,25)/t17-,19+/m1/s1. The Balaban J connectivity index is 1.74. The van der Waals surface area contributed by atoms with E-state index >= 15 is 0 Å². The molecule has 0 saturated carbocycles. The van der Waals surface area contributed by atoms with E-state index in [0.29, 0.717) is 6.42 Å². The number of benzene rings is 2. The number of fused-ring (bicyclic) bond motifs is 1. The highest BCUT2D eigenvalue weighted by Gasteiger charge is 2.29. The third kappa shape index (κ3) is 3.72. The number of carboxylic acid groups (broad SMARTS) is 1. The first-order valence-electron chi connectivity index (χ1n) is 8.34. The van der Waals surface area contributed by atoms with Gasteiger partial charge in [0.2, 0.25) is 5.91 Å². The first-order chi connectivity index (χ1) is 12.0. The lowest BCUT2D eigenvalue weighted by atomic mass is 9.85. The molecule has 25 heavy (non-hydrogen) atoms. The number of aliphatic hydroxyl groups excluding tert-OH is 1. The predicted molar refractivity (Wildman–Crippen MR) is 93.5 cm³/mol. The molecule has 3 N–H and O–H groups in total. The number of carboxylic acids is 1. The number of hydrogen-bond donors (Lipinski definition) is 3. The monoisotopic (exact) mass is 339 g/mol. The molecule has 0 saturated heterocycles. The van der Waals surface area contributed by atoms with Crippen molar-refractivity contribution in [3.05, 3.63) is 70.3 Å². The van der Waals surface area contributed by atoms with Crippen LogP contribution in [0, 0.1) is 6.92 Å². The van der Waals surface area contributed by atoms with Gasteiger partial charge in [0.1, 0.15) is 0 Å². The summed E-state index contributed by atoms with van der Waals surface area (Å²) in [7, 11) is 0. The average molecular weight is 339 g/mol. The molecule has 1 aliphatic rings. The summed E-state index contributed by atoms with van der Waals surface area (Å²) in [5.74, 6) is -1.17. The molecule has 3 rings (SSSR count). The van der Waals surface area contributed by atoms with Crippen LogP contribution in [0.2, 0.25) is 0 Å². The van der Waals surface area contributed by atoms with E-state index in [9.17, 15) is 14.7 Å².